The molecule has 0 aliphatic heterocycles. The van der Waals surface area contributed by atoms with Crippen LogP contribution in [-0.4, -0.2) is 15.0 Å². The van der Waals surface area contributed by atoms with Crippen molar-refractivity contribution in [2.75, 3.05) is 0 Å². The molecule has 0 unspecified atom stereocenters. The Bertz CT molecular complexity index is 1930. The molecule has 0 aliphatic rings. The molecule has 0 fully saturated rings. The predicted molar refractivity (Wildman–Crippen MR) is 170 cm³/mol. The summed E-state index contributed by atoms with van der Waals surface area (Å²) in [6.45, 7) is 6.40. The maximum Gasteiger partial charge on any atom is 0.216 e. The van der Waals surface area contributed by atoms with Gasteiger partial charge in [-0.1, -0.05) is 78.9 Å². The van der Waals surface area contributed by atoms with Crippen molar-refractivity contribution < 1.29 is 24.5 Å². The molecule has 0 bridgehead atoms. The van der Waals surface area contributed by atoms with Crippen molar-refractivity contribution in [1.29, 1.82) is 0 Å². The molecule has 5 heteroatoms. The largest absolute Gasteiger partial charge is 0.486 e. The number of rotatable bonds is 5. The van der Waals surface area contributed by atoms with Crippen molar-refractivity contribution in [2.45, 2.75) is 33.1 Å². The van der Waals surface area contributed by atoms with E-state index in [1.54, 1.807) is 0 Å². The Morgan fingerprint density at radius 3 is 2.35 bits per heavy atom. The number of aryl methyl sites for hydroxylation is 1. The van der Waals surface area contributed by atoms with Crippen LogP contribution in [-0.2, 0) is 26.5 Å². The predicted octanol–water partition coefficient (Wildman–Crippen LogP) is 9.41. The Labute approximate surface area is 266 Å². The Hall–Kier alpha value is -4.44. The Balaban J connectivity index is 0.000000221. The second-order valence-electron chi connectivity index (χ2n) is 10.6. The van der Waals surface area contributed by atoms with Crippen LogP contribution in [0.1, 0.15) is 42.1 Å². The van der Waals surface area contributed by atoms with E-state index in [1.807, 2.05) is 67.8 Å². The summed E-state index contributed by atoms with van der Waals surface area (Å²) in [5.41, 5.74) is 9.90. The van der Waals surface area contributed by atoms with E-state index < -0.39 is 0 Å². The van der Waals surface area contributed by atoms with Crippen molar-refractivity contribution in [3.8, 4) is 22.5 Å². The molecular weight excluding hydrogens is 707 g/mol. The van der Waals surface area contributed by atoms with Crippen molar-refractivity contribution in [3.05, 3.63) is 150 Å². The van der Waals surface area contributed by atoms with Gasteiger partial charge in [0.2, 0.25) is 5.71 Å². The van der Waals surface area contributed by atoms with E-state index in [1.165, 1.54) is 16.7 Å². The molecule has 0 amide bonds. The molecule has 0 atom stereocenters. The van der Waals surface area contributed by atoms with E-state index in [-0.39, 0.29) is 20.1 Å². The van der Waals surface area contributed by atoms with Crippen LogP contribution in [0.25, 0.3) is 44.6 Å². The molecule has 0 N–H and O–H groups in total. The van der Waals surface area contributed by atoms with E-state index in [0.717, 1.165) is 51.0 Å². The second kappa shape index (κ2) is 13.7. The average Bonchev–Trinajstić information content (AvgIpc) is 3.41. The van der Waals surface area contributed by atoms with Crippen LogP contribution < -0.4 is 0 Å². The van der Waals surface area contributed by atoms with E-state index >= 15 is 0 Å². The minimum absolute atomic E-state index is 0. The molecule has 0 spiro atoms. The van der Waals surface area contributed by atoms with Crippen LogP contribution >= 0.6 is 0 Å². The van der Waals surface area contributed by atoms with Crippen molar-refractivity contribution in [3.63, 3.8) is 0 Å². The normalized spacial score (nSPS) is 10.8. The molecule has 0 saturated carbocycles. The minimum atomic E-state index is 0. The van der Waals surface area contributed by atoms with Gasteiger partial charge in [0.1, 0.15) is 0 Å². The quantitative estimate of drug-likeness (QED) is 0.165. The Morgan fingerprint density at radius 1 is 0.767 bits per heavy atom. The summed E-state index contributed by atoms with van der Waals surface area (Å²) >= 11 is 0. The van der Waals surface area contributed by atoms with Crippen LogP contribution in [0.15, 0.2) is 120 Å². The maximum atomic E-state index is 6.23. The van der Waals surface area contributed by atoms with E-state index in [2.05, 4.69) is 90.5 Å². The molecular formula is C38H31IrN3O-2. The molecule has 7 rings (SSSR count). The molecule has 4 heterocycles. The Morgan fingerprint density at radius 2 is 1.60 bits per heavy atom. The molecule has 7 aromatic rings. The van der Waals surface area contributed by atoms with Gasteiger partial charge >= 0.3 is 0 Å². The number of hydrogen-bond donors (Lipinski definition) is 0. The fraction of sp³-hybridized carbons (Fsp3) is 0.132. The molecule has 0 aliphatic carbocycles. The molecule has 0 saturated heterocycles. The molecule has 3 aromatic carbocycles. The third-order valence-corrected chi connectivity index (χ3v) is 7.19. The van der Waals surface area contributed by atoms with Crippen molar-refractivity contribution in [1.82, 2.24) is 15.0 Å². The number of furan rings is 1. The zero-order chi connectivity index (χ0) is 28.9. The first-order valence-electron chi connectivity index (χ1n) is 14.2. The first-order chi connectivity index (χ1) is 20.5. The summed E-state index contributed by atoms with van der Waals surface area (Å²) < 4.78 is 6.23. The fourth-order valence-electron chi connectivity index (χ4n) is 4.88. The van der Waals surface area contributed by atoms with Gasteiger partial charge < -0.3 is 14.4 Å². The molecule has 4 nitrogen and oxygen atoms in total. The molecule has 43 heavy (non-hydrogen) atoms. The number of benzene rings is 3. The van der Waals surface area contributed by atoms with Crippen molar-refractivity contribution in [2.24, 2.45) is 0 Å². The number of pyridine rings is 3. The zero-order valence-electron chi connectivity index (χ0n) is 24.3. The monoisotopic (exact) mass is 738 g/mol. The van der Waals surface area contributed by atoms with Crippen LogP contribution in [0.2, 0.25) is 0 Å². The summed E-state index contributed by atoms with van der Waals surface area (Å²) in [7, 11) is 0. The second-order valence-corrected chi connectivity index (χ2v) is 10.6. The van der Waals surface area contributed by atoms with Crippen LogP contribution in [0.3, 0.4) is 0 Å². The molecule has 215 valence electrons. The van der Waals surface area contributed by atoms with E-state index in [0.29, 0.717) is 11.6 Å². The van der Waals surface area contributed by atoms with Crippen LogP contribution in [0, 0.1) is 19.1 Å². The SMILES string of the molecule is CC(C)c1ccnc(-c2[c-]ccc3c2oc2nc(Cc4ccccc4)ccc23)c1.Cc1ccc(-c2[c-]cccc2)nc1.[Ir]. The smallest absolute Gasteiger partial charge is 0.216 e. The van der Waals surface area contributed by atoms with Gasteiger partial charge in [0, 0.05) is 50.0 Å². The van der Waals surface area contributed by atoms with E-state index in [9.17, 15) is 0 Å². The topological polar surface area (TPSA) is 51.8 Å². The van der Waals surface area contributed by atoms with Gasteiger partial charge in [-0.15, -0.1) is 54.1 Å². The minimum Gasteiger partial charge on any atom is -0.486 e. The third-order valence-electron chi connectivity index (χ3n) is 7.19. The van der Waals surface area contributed by atoms with Gasteiger partial charge in [0.05, 0.1) is 5.58 Å². The summed E-state index contributed by atoms with van der Waals surface area (Å²) in [4.78, 5) is 13.7. The summed E-state index contributed by atoms with van der Waals surface area (Å²) in [5, 5.41) is 2.07. The zero-order valence-corrected chi connectivity index (χ0v) is 26.7. The Kier molecular flexibility index (Phi) is 9.56. The van der Waals surface area contributed by atoms with Crippen LogP contribution in [0.4, 0.5) is 0 Å². The maximum absolute atomic E-state index is 6.23. The van der Waals surface area contributed by atoms with Gasteiger partial charge in [-0.05, 0) is 53.6 Å². The number of aromatic nitrogens is 3. The van der Waals surface area contributed by atoms with Gasteiger partial charge in [-0.25, -0.2) is 4.98 Å². The summed E-state index contributed by atoms with van der Waals surface area (Å²) in [6.07, 6.45) is 4.51. The van der Waals surface area contributed by atoms with E-state index in [4.69, 9.17) is 9.40 Å². The summed E-state index contributed by atoms with van der Waals surface area (Å²) in [5.74, 6) is 0.439. The number of hydrogen-bond acceptors (Lipinski definition) is 4. The average molecular weight is 738 g/mol. The molecule has 4 aromatic heterocycles. The first-order valence-corrected chi connectivity index (χ1v) is 14.2. The molecule has 1 radical (unpaired) electrons. The van der Waals surface area contributed by atoms with Gasteiger partial charge in [-0.3, -0.25) is 0 Å². The van der Waals surface area contributed by atoms with Crippen molar-refractivity contribution >= 4 is 22.1 Å². The summed E-state index contributed by atoms with van der Waals surface area (Å²) in [6, 6.07) is 41.1. The standard InChI is InChI=1S/C26H21N2O.C12H10N.Ir/c1-17(2)19-13-14-27-24(16-19)23-10-6-9-21-22-12-11-20(28-26(22)29-25(21)23)15-18-7-4-3-5-8-18;1-10-7-8-12(13-9-10)11-5-3-2-4-6-11;/h3-9,11-14,16-17H,15H2,1-2H3;2-5,7-9H,1H3;/q2*-1;. The third kappa shape index (κ3) is 6.97. The number of nitrogens with zero attached hydrogens (tertiary/aromatic N) is 3. The van der Waals surface area contributed by atoms with Gasteiger partial charge in [0.15, 0.2) is 0 Å². The fourth-order valence-corrected chi connectivity index (χ4v) is 4.88. The van der Waals surface area contributed by atoms with Gasteiger partial charge in [-0.2, -0.15) is 0 Å². The van der Waals surface area contributed by atoms with Crippen LogP contribution in [0.5, 0.6) is 0 Å². The number of fused-ring (bicyclic) bond motifs is 3. The first kappa shape index (κ1) is 30.0. The van der Waals surface area contributed by atoms with Gasteiger partial charge in [0.25, 0.3) is 0 Å².